The first-order valence-electron chi connectivity index (χ1n) is 9.36. The minimum absolute atomic E-state index is 0.832. The molecule has 0 spiro atoms. The van der Waals surface area contributed by atoms with Crippen molar-refractivity contribution < 1.29 is 0 Å². The van der Waals surface area contributed by atoms with Crippen LogP contribution in [0.4, 0.5) is 0 Å². The molecule has 1 N–H and O–H groups in total. The summed E-state index contributed by atoms with van der Waals surface area (Å²) in [7, 11) is 0. The number of nitrogens with one attached hydrogen (secondary N) is 1. The highest BCUT2D eigenvalue weighted by Gasteiger charge is 2.35. The molecule has 2 heterocycles. The quantitative estimate of drug-likeness (QED) is 0.571. The molecule has 2 saturated heterocycles. The molecule has 0 aromatic heterocycles. The summed E-state index contributed by atoms with van der Waals surface area (Å²) < 4.78 is 0. The maximum absolute atomic E-state index is 3.65. The molecule has 2 aliphatic heterocycles. The third-order valence-electron chi connectivity index (χ3n) is 5.27. The molecule has 20 heavy (non-hydrogen) atoms. The Kier molecular flexibility index (Phi) is 7.97. The summed E-state index contributed by atoms with van der Waals surface area (Å²) in [5, 5.41) is 3.65. The molecule has 0 unspecified atom stereocenters. The summed E-state index contributed by atoms with van der Waals surface area (Å²) in [6.45, 7) is 7.60. The van der Waals surface area contributed by atoms with Gasteiger partial charge in [-0.2, -0.15) is 0 Å². The lowest BCUT2D eigenvalue weighted by Gasteiger charge is -2.16. The summed E-state index contributed by atoms with van der Waals surface area (Å²) in [5.41, 5.74) is 0. The fourth-order valence-electron chi connectivity index (χ4n) is 3.94. The Hall–Kier alpha value is -0.0800. The van der Waals surface area contributed by atoms with E-state index in [1.165, 1.54) is 96.8 Å². The molecular formula is C18H36N2. The molecule has 2 nitrogen and oxygen atoms in total. The topological polar surface area (TPSA) is 15.3 Å². The number of fused-ring (bicyclic) bond motifs is 1. The number of likely N-dealkylation sites (tertiary alicyclic amines) is 1. The van der Waals surface area contributed by atoms with Gasteiger partial charge in [0.05, 0.1) is 0 Å². The van der Waals surface area contributed by atoms with Gasteiger partial charge in [-0.05, 0) is 31.8 Å². The normalized spacial score (nSPS) is 26.2. The van der Waals surface area contributed by atoms with Crippen LogP contribution in [0, 0.1) is 5.92 Å². The molecule has 0 bridgehead atoms. The highest BCUT2D eigenvalue weighted by molar-refractivity contribution is 4.93. The lowest BCUT2D eigenvalue weighted by molar-refractivity contribution is 0.305. The van der Waals surface area contributed by atoms with E-state index in [-0.39, 0.29) is 0 Å². The summed E-state index contributed by atoms with van der Waals surface area (Å²) in [6, 6.07) is 0.832. The highest BCUT2D eigenvalue weighted by Crippen LogP contribution is 2.24. The number of nitrogens with zero attached hydrogens (tertiary/aromatic N) is 1. The minimum Gasteiger partial charge on any atom is -0.312 e. The summed E-state index contributed by atoms with van der Waals surface area (Å²) in [6.07, 6.45) is 15.9. The molecule has 2 aliphatic rings. The molecule has 2 rings (SSSR count). The fraction of sp³-hybridized carbons (Fsp3) is 1.00. The average Bonchev–Trinajstić information content (AvgIpc) is 3.02. The van der Waals surface area contributed by atoms with Gasteiger partial charge in [-0.25, -0.2) is 0 Å². The van der Waals surface area contributed by atoms with Crippen molar-refractivity contribution in [2.24, 2.45) is 5.92 Å². The Bertz CT molecular complexity index is 230. The SMILES string of the molecule is CCCCCCCCCCCCN1C[C@@H]2CCN[C@@H]2C1. The Labute approximate surface area is 126 Å². The van der Waals surface area contributed by atoms with Crippen molar-refractivity contribution >= 4 is 0 Å². The summed E-state index contributed by atoms with van der Waals surface area (Å²) >= 11 is 0. The van der Waals surface area contributed by atoms with Crippen LogP contribution in [0.15, 0.2) is 0 Å². The number of hydrogen-bond acceptors (Lipinski definition) is 2. The van der Waals surface area contributed by atoms with Crippen LogP contribution < -0.4 is 5.32 Å². The van der Waals surface area contributed by atoms with Crippen LogP contribution in [-0.2, 0) is 0 Å². The number of rotatable bonds is 11. The lowest BCUT2D eigenvalue weighted by Crippen LogP contribution is -2.30. The van der Waals surface area contributed by atoms with Gasteiger partial charge in [-0.1, -0.05) is 64.7 Å². The third kappa shape index (κ3) is 5.73. The van der Waals surface area contributed by atoms with Gasteiger partial charge in [0.2, 0.25) is 0 Å². The van der Waals surface area contributed by atoms with Crippen molar-refractivity contribution in [2.45, 2.75) is 83.6 Å². The zero-order valence-corrected chi connectivity index (χ0v) is 13.7. The molecule has 0 amide bonds. The smallest absolute Gasteiger partial charge is 0.0235 e. The number of hydrogen-bond donors (Lipinski definition) is 1. The van der Waals surface area contributed by atoms with Crippen LogP contribution in [0.1, 0.15) is 77.6 Å². The van der Waals surface area contributed by atoms with Crippen LogP contribution in [-0.4, -0.2) is 37.1 Å². The van der Waals surface area contributed by atoms with E-state index in [2.05, 4.69) is 17.1 Å². The monoisotopic (exact) mass is 280 g/mol. The zero-order valence-electron chi connectivity index (χ0n) is 13.7. The van der Waals surface area contributed by atoms with Crippen LogP contribution >= 0.6 is 0 Å². The van der Waals surface area contributed by atoms with E-state index in [1.54, 1.807) is 0 Å². The molecule has 2 atom stereocenters. The van der Waals surface area contributed by atoms with E-state index in [0.717, 1.165) is 12.0 Å². The molecule has 0 aliphatic carbocycles. The second-order valence-corrected chi connectivity index (χ2v) is 7.05. The van der Waals surface area contributed by atoms with Gasteiger partial charge in [0, 0.05) is 19.1 Å². The molecule has 0 saturated carbocycles. The predicted molar refractivity (Wildman–Crippen MR) is 88.2 cm³/mol. The van der Waals surface area contributed by atoms with Crippen LogP contribution in [0.3, 0.4) is 0 Å². The zero-order chi connectivity index (χ0) is 14.0. The second-order valence-electron chi connectivity index (χ2n) is 7.05. The van der Waals surface area contributed by atoms with Gasteiger partial charge in [-0.15, -0.1) is 0 Å². The van der Waals surface area contributed by atoms with Crippen molar-refractivity contribution in [1.82, 2.24) is 10.2 Å². The van der Waals surface area contributed by atoms with E-state index in [0.29, 0.717) is 0 Å². The average molecular weight is 280 g/mol. The number of unbranched alkanes of at least 4 members (excludes halogenated alkanes) is 9. The fourth-order valence-corrected chi connectivity index (χ4v) is 3.94. The minimum atomic E-state index is 0.832. The van der Waals surface area contributed by atoms with Gasteiger partial charge in [0.25, 0.3) is 0 Å². The van der Waals surface area contributed by atoms with E-state index in [9.17, 15) is 0 Å². The molecule has 2 heteroatoms. The van der Waals surface area contributed by atoms with Crippen molar-refractivity contribution in [3.8, 4) is 0 Å². The summed E-state index contributed by atoms with van der Waals surface area (Å²) in [5.74, 6) is 0.970. The van der Waals surface area contributed by atoms with Crippen LogP contribution in [0.5, 0.6) is 0 Å². The third-order valence-corrected chi connectivity index (χ3v) is 5.27. The highest BCUT2D eigenvalue weighted by atomic mass is 15.2. The first-order chi connectivity index (χ1) is 9.90. The first-order valence-corrected chi connectivity index (χ1v) is 9.36. The molecule has 2 fully saturated rings. The largest absolute Gasteiger partial charge is 0.312 e. The molecule has 0 aromatic carbocycles. The predicted octanol–water partition coefficient (Wildman–Crippen LogP) is 4.20. The van der Waals surface area contributed by atoms with Crippen molar-refractivity contribution in [1.29, 1.82) is 0 Å². The van der Waals surface area contributed by atoms with Crippen molar-refractivity contribution in [3.63, 3.8) is 0 Å². The van der Waals surface area contributed by atoms with Gasteiger partial charge >= 0.3 is 0 Å². The molecule has 0 aromatic rings. The molecule has 0 radical (unpaired) electrons. The Morgan fingerprint density at radius 2 is 1.50 bits per heavy atom. The van der Waals surface area contributed by atoms with E-state index in [1.807, 2.05) is 0 Å². The van der Waals surface area contributed by atoms with E-state index < -0.39 is 0 Å². The Morgan fingerprint density at radius 3 is 2.15 bits per heavy atom. The standard InChI is InChI=1S/C18H36N2/c1-2-3-4-5-6-7-8-9-10-11-14-20-15-17-12-13-19-18(17)16-20/h17-19H,2-16H2,1H3/t17-,18+/m0/s1. The van der Waals surface area contributed by atoms with Gasteiger partial charge in [0.1, 0.15) is 0 Å². The van der Waals surface area contributed by atoms with Gasteiger partial charge < -0.3 is 10.2 Å². The van der Waals surface area contributed by atoms with Gasteiger partial charge in [-0.3, -0.25) is 0 Å². The van der Waals surface area contributed by atoms with E-state index >= 15 is 0 Å². The van der Waals surface area contributed by atoms with E-state index in [4.69, 9.17) is 0 Å². The van der Waals surface area contributed by atoms with Crippen LogP contribution in [0.2, 0.25) is 0 Å². The summed E-state index contributed by atoms with van der Waals surface area (Å²) in [4.78, 5) is 2.70. The Morgan fingerprint density at radius 1 is 0.850 bits per heavy atom. The van der Waals surface area contributed by atoms with Crippen molar-refractivity contribution in [3.05, 3.63) is 0 Å². The first kappa shape index (κ1) is 16.3. The maximum atomic E-state index is 3.65. The second kappa shape index (κ2) is 9.78. The maximum Gasteiger partial charge on any atom is 0.0235 e. The lowest BCUT2D eigenvalue weighted by atomic mass is 10.1. The Balaban J connectivity index is 1.34. The molecule has 118 valence electrons. The molecular weight excluding hydrogens is 244 g/mol. The van der Waals surface area contributed by atoms with Gasteiger partial charge in [0.15, 0.2) is 0 Å². The van der Waals surface area contributed by atoms with Crippen molar-refractivity contribution in [2.75, 3.05) is 26.2 Å². The van der Waals surface area contributed by atoms with Crippen LogP contribution in [0.25, 0.3) is 0 Å².